The number of halogens is 1. The molecule has 100 valence electrons. The predicted octanol–water partition coefficient (Wildman–Crippen LogP) is 5.10. The largest absolute Gasteiger partial charge is 0.216 e. The van der Waals surface area contributed by atoms with E-state index in [2.05, 4.69) is 18.2 Å². The highest BCUT2D eigenvalue weighted by Gasteiger charge is 2.21. The fraction of sp³-hybridized carbons (Fsp3) is 0.471. The van der Waals surface area contributed by atoms with E-state index < -0.39 is 0 Å². The van der Waals surface area contributed by atoms with Crippen molar-refractivity contribution in [3.05, 3.63) is 47.8 Å². The summed E-state index contributed by atoms with van der Waals surface area (Å²) in [4.78, 5) is 0. The maximum absolute atomic E-state index is 11.9. The zero-order chi connectivity index (χ0) is 13.5. The van der Waals surface area contributed by atoms with Gasteiger partial charge in [0, 0.05) is 0 Å². The molecule has 1 aliphatic rings. The van der Waals surface area contributed by atoms with Crippen molar-refractivity contribution in [1.29, 1.82) is 5.26 Å². The van der Waals surface area contributed by atoms with Crippen LogP contribution in [0.1, 0.15) is 55.6 Å². The first-order chi connectivity index (χ1) is 9.33. The molecule has 1 saturated carbocycles. The molecule has 1 aliphatic carbocycles. The molecule has 19 heavy (non-hydrogen) atoms. The molecule has 2 heteroatoms. The van der Waals surface area contributed by atoms with Gasteiger partial charge in [-0.05, 0) is 68.1 Å². The van der Waals surface area contributed by atoms with E-state index in [-0.39, 0.29) is 0 Å². The van der Waals surface area contributed by atoms with Crippen molar-refractivity contribution in [1.82, 2.24) is 0 Å². The van der Waals surface area contributed by atoms with Gasteiger partial charge in [0.25, 0.3) is 0 Å². The average Bonchev–Trinajstić information content (AvgIpc) is 2.48. The number of allylic oxidation sites excluding steroid dienone is 1. The molecular weight excluding hydrogens is 237 g/mol. The van der Waals surface area contributed by atoms with Crippen LogP contribution >= 0.6 is 0 Å². The van der Waals surface area contributed by atoms with Crippen molar-refractivity contribution < 1.29 is 4.39 Å². The minimum Gasteiger partial charge on any atom is -0.216 e. The lowest BCUT2D eigenvalue weighted by Gasteiger charge is -2.28. The predicted molar refractivity (Wildman–Crippen MR) is 75.3 cm³/mol. The monoisotopic (exact) mass is 257 g/mol. The van der Waals surface area contributed by atoms with Crippen LogP contribution in [0.4, 0.5) is 4.39 Å². The van der Waals surface area contributed by atoms with E-state index in [9.17, 15) is 4.39 Å². The molecule has 0 aromatic heterocycles. The molecule has 0 unspecified atom stereocenters. The molecule has 0 N–H and O–H groups in total. The van der Waals surface area contributed by atoms with Gasteiger partial charge in [0.2, 0.25) is 0 Å². The molecule has 2 rings (SSSR count). The summed E-state index contributed by atoms with van der Waals surface area (Å²) in [6.07, 6.45) is 9.17. The van der Waals surface area contributed by atoms with E-state index in [0.717, 1.165) is 24.3 Å². The lowest BCUT2D eigenvalue weighted by molar-refractivity contribution is 0.311. The summed E-state index contributed by atoms with van der Waals surface area (Å²) in [5.74, 6) is 1.39. The molecule has 0 spiro atoms. The summed E-state index contributed by atoms with van der Waals surface area (Å²) in [6, 6.07) is 10.2. The second kappa shape index (κ2) is 7.09. The molecule has 0 heterocycles. The first kappa shape index (κ1) is 13.8. The topological polar surface area (TPSA) is 23.8 Å². The van der Waals surface area contributed by atoms with Crippen molar-refractivity contribution in [2.75, 3.05) is 0 Å². The first-order valence-electron chi connectivity index (χ1n) is 7.08. The Bertz CT molecular complexity index is 447. The van der Waals surface area contributed by atoms with Gasteiger partial charge in [0.05, 0.1) is 18.0 Å². The number of benzene rings is 1. The van der Waals surface area contributed by atoms with Gasteiger partial charge in [-0.3, -0.25) is 0 Å². The Morgan fingerprint density at radius 2 is 1.84 bits per heavy atom. The van der Waals surface area contributed by atoms with Crippen molar-refractivity contribution in [3.63, 3.8) is 0 Å². The van der Waals surface area contributed by atoms with Crippen molar-refractivity contribution >= 4 is 0 Å². The van der Waals surface area contributed by atoms with Crippen LogP contribution < -0.4 is 0 Å². The van der Waals surface area contributed by atoms with Crippen LogP contribution in [0.2, 0.25) is 0 Å². The minimum absolute atomic E-state index is 0.640. The summed E-state index contributed by atoms with van der Waals surface area (Å²) in [5, 5.41) is 8.79. The fourth-order valence-corrected chi connectivity index (χ4v) is 3.01. The molecule has 1 aromatic rings. The van der Waals surface area contributed by atoms with Gasteiger partial charge in [-0.1, -0.05) is 18.2 Å². The number of nitrogens with zero attached hydrogens (tertiary/aromatic N) is 1. The number of nitriles is 1. The lowest BCUT2D eigenvalue weighted by atomic mass is 9.77. The van der Waals surface area contributed by atoms with Gasteiger partial charge in [-0.25, -0.2) is 4.39 Å². The molecule has 0 atom stereocenters. The van der Waals surface area contributed by atoms with Gasteiger partial charge < -0.3 is 0 Å². The van der Waals surface area contributed by atoms with Crippen LogP contribution in [0.15, 0.2) is 36.7 Å². The first-order valence-corrected chi connectivity index (χ1v) is 7.08. The molecule has 0 saturated heterocycles. The van der Waals surface area contributed by atoms with Gasteiger partial charge in [0.15, 0.2) is 0 Å². The molecule has 1 nitrogen and oxygen atoms in total. The van der Waals surface area contributed by atoms with Crippen LogP contribution in [-0.4, -0.2) is 0 Å². The Labute approximate surface area is 114 Å². The van der Waals surface area contributed by atoms with E-state index in [0.29, 0.717) is 12.2 Å². The Hall–Kier alpha value is -1.62. The minimum atomic E-state index is 0.640. The SMILES string of the molecule is N#Cc1ccc(C2CCC(CC/C=C/F)CC2)cc1. The van der Waals surface area contributed by atoms with Crippen molar-refractivity contribution in [2.24, 2.45) is 5.92 Å². The number of hydrogen-bond acceptors (Lipinski definition) is 1. The molecule has 0 bridgehead atoms. The third-order valence-electron chi connectivity index (χ3n) is 4.19. The number of hydrogen-bond donors (Lipinski definition) is 0. The van der Waals surface area contributed by atoms with Gasteiger partial charge in [-0.2, -0.15) is 5.26 Å². The van der Waals surface area contributed by atoms with E-state index in [1.54, 1.807) is 6.08 Å². The summed E-state index contributed by atoms with van der Waals surface area (Å²) in [7, 11) is 0. The smallest absolute Gasteiger partial charge is 0.0991 e. The fourth-order valence-electron chi connectivity index (χ4n) is 3.01. The summed E-state index contributed by atoms with van der Waals surface area (Å²) < 4.78 is 11.9. The number of rotatable bonds is 4. The second-order valence-corrected chi connectivity index (χ2v) is 5.39. The van der Waals surface area contributed by atoms with Crippen LogP contribution in [-0.2, 0) is 0 Å². The highest BCUT2D eigenvalue weighted by molar-refractivity contribution is 5.33. The van der Waals surface area contributed by atoms with Crippen molar-refractivity contribution in [3.8, 4) is 6.07 Å². The molecule has 1 fully saturated rings. The second-order valence-electron chi connectivity index (χ2n) is 5.39. The maximum atomic E-state index is 11.9. The summed E-state index contributed by atoms with van der Waals surface area (Å²) in [6.45, 7) is 0. The Kier molecular flexibility index (Phi) is 5.15. The maximum Gasteiger partial charge on any atom is 0.0991 e. The van der Waals surface area contributed by atoms with Gasteiger partial charge in [0.1, 0.15) is 0 Å². The van der Waals surface area contributed by atoms with Crippen LogP contribution in [0.3, 0.4) is 0 Å². The molecule has 0 amide bonds. The highest BCUT2D eigenvalue weighted by atomic mass is 19.1. The standard InChI is InChI=1S/C17H20FN/c18-12-2-1-3-14-4-8-16(9-5-14)17-10-6-15(13-19)7-11-17/h2,6-7,10-12,14,16H,1,3-5,8-9H2/b12-2+. The zero-order valence-corrected chi connectivity index (χ0v) is 11.2. The van der Waals surface area contributed by atoms with Crippen LogP contribution in [0.5, 0.6) is 0 Å². The quantitative estimate of drug-likeness (QED) is 0.736. The van der Waals surface area contributed by atoms with E-state index >= 15 is 0 Å². The van der Waals surface area contributed by atoms with Gasteiger partial charge >= 0.3 is 0 Å². The van der Waals surface area contributed by atoms with E-state index in [1.807, 2.05) is 12.1 Å². The van der Waals surface area contributed by atoms with Crippen molar-refractivity contribution in [2.45, 2.75) is 44.4 Å². The van der Waals surface area contributed by atoms with E-state index in [1.165, 1.54) is 31.2 Å². The normalized spacial score (nSPS) is 23.4. The third-order valence-corrected chi connectivity index (χ3v) is 4.19. The molecular formula is C17H20FN. The van der Waals surface area contributed by atoms with Crippen LogP contribution in [0.25, 0.3) is 0 Å². The third kappa shape index (κ3) is 3.92. The Balaban J connectivity index is 1.83. The highest BCUT2D eigenvalue weighted by Crippen LogP contribution is 2.37. The zero-order valence-electron chi connectivity index (χ0n) is 11.2. The molecule has 0 aliphatic heterocycles. The summed E-state index contributed by atoms with van der Waals surface area (Å²) in [5.41, 5.74) is 2.09. The van der Waals surface area contributed by atoms with Crippen LogP contribution in [0, 0.1) is 17.2 Å². The molecule has 1 aromatic carbocycles. The average molecular weight is 257 g/mol. The Morgan fingerprint density at radius 3 is 2.42 bits per heavy atom. The van der Waals surface area contributed by atoms with Gasteiger partial charge in [-0.15, -0.1) is 0 Å². The molecule has 0 radical (unpaired) electrons. The van der Waals surface area contributed by atoms with E-state index in [4.69, 9.17) is 5.26 Å². The summed E-state index contributed by atoms with van der Waals surface area (Å²) >= 11 is 0. The lowest BCUT2D eigenvalue weighted by Crippen LogP contribution is -2.13. The Morgan fingerprint density at radius 1 is 1.16 bits per heavy atom.